The molecule has 0 aliphatic heterocycles. The zero-order valence-electron chi connectivity index (χ0n) is 22.6. The van der Waals surface area contributed by atoms with Crippen LogP contribution in [-0.2, 0) is 26.2 Å². The number of nitrogens with one attached hydrogen (secondary N) is 1. The third-order valence-corrected chi connectivity index (χ3v) is 9.75. The van der Waals surface area contributed by atoms with Gasteiger partial charge in [-0.25, -0.2) is 12.8 Å². The van der Waals surface area contributed by atoms with E-state index in [-0.39, 0.29) is 44.7 Å². The summed E-state index contributed by atoms with van der Waals surface area (Å²) < 4.78 is 43.2. The summed E-state index contributed by atoms with van der Waals surface area (Å²) in [7, 11) is -4.25. The minimum Gasteiger partial charge on any atom is -0.352 e. The second-order valence-electron chi connectivity index (χ2n) is 10.1. The number of nitrogens with zero attached hydrogens (tertiary/aromatic N) is 2. The van der Waals surface area contributed by atoms with Crippen molar-refractivity contribution in [1.29, 1.82) is 0 Å². The van der Waals surface area contributed by atoms with Crippen molar-refractivity contribution in [2.45, 2.75) is 62.6 Å². The number of carbonyl (C=O) groups excluding carboxylic acids is 2. The van der Waals surface area contributed by atoms with Crippen molar-refractivity contribution in [2.24, 2.45) is 0 Å². The molecule has 3 aromatic rings. The molecule has 0 saturated heterocycles. The molecule has 1 aliphatic carbocycles. The Morgan fingerprint density at radius 3 is 2.27 bits per heavy atom. The SMILES string of the molecule is C[C@@H](C(=O)NC1CCCCC1)N(Cc1ccccc1F)C(=O)CN(c1ccc(Cl)c(Cl)c1)S(=O)(=O)c1ccccc1. The van der Waals surface area contributed by atoms with Crippen LogP contribution in [0.25, 0.3) is 0 Å². The molecule has 0 aromatic heterocycles. The van der Waals surface area contributed by atoms with Crippen LogP contribution in [0.15, 0.2) is 77.7 Å². The normalized spacial score (nSPS) is 14.7. The second-order valence-corrected chi connectivity index (χ2v) is 12.7. The van der Waals surface area contributed by atoms with E-state index in [1.165, 1.54) is 53.4 Å². The van der Waals surface area contributed by atoms with Crippen LogP contribution in [0, 0.1) is 5.82 Å². The highest BCUT2D eigenvalue weighted by molar-refractivity contribution is 7.92. The molecule has 2 amide bonds. The smallest absolute Gasteiger partial charge is 0.264 e. The van der Waals surface area contributed by atoms with E-state index in [0.717, 1.165) is 36.4 Å². The predicted octanol–water partition coefficient (Wildman–Crippen LogP) is 6.19. The lowest BCUT2D eigenvalue weighted by molar-refractivity contribution is -0.139. The van der Waals surface area contributed by atoms with E-state index in [1.54, 1.807) is 31.2 Å². The highest BCUT2D eigenvalue weighted by Crippen LogP contribution is 2.31. The van der Waals surface area contributed by atoms with Crippen molar-refractivity contribution in [1.82, 2.24) is 10.2 Å². The van der Waals surface area contributed by atoms with Crippen LogP contribution in [0.2, 0.25) is 10.0 Å². The van der Waals surface area contributed by atoms with Gasteiger partial charge in [0, 0.05) is 18.2 Å². The Labute approximate surface area is 250 Å². The zero-order chi connectivity index (χ0) is 29.6. The molecule has 218 valence electrons. The molecule has 4 rings (SSSR count). The van der Waals surface area contributed by atoms with E-state index in [0.29, 0.717) is 0 Å². The second kappa shape index (κ2) is 13.7. The number of halogens is 3. The summed E-state index contributed by atoms with van der Waals surface area (Å²) in [5.41, 5.74) is 0.312. The molecule has 0 radical (unpaired) electrons. The standard InChI is InChI=1S/C30H32Cl2FN3O4S/c1-21(30(38)34-23-11-4-2-5-12-23)35(19-22-10-8-9-15-28(22)33)29(37)20-36(24-16-17-26(31)27(32)18-24)41(39,40)25-13-6-3-7-14-25/h3,6-10,13-18,21,23H,2,4-5,11-12,19-20H2,1H3,(H,34,38)/t21-/m0/s1. The molecular weight excluding hydrogens is 588 g/mol. The summed E-state index contributed by atoms with van der Waals surface area (Å²) in [6, 6.07) is 16.9. The van der Waals surface area contributed by atoms with Crippen molar-refractivity contribution in [3.63, 3.8) is 0 Å². The highest BCUT2D eigenvalue weighted by atomic mass is 35.5. The van der Waals surface area contributed by atoms with Gasteiger partial charge in [-0.15, -0.1) is 0 Å². The van der Waals surface area contributed by atoms with Gasteiger partial charge >= 0.3 is 0 Å². The van der Waals surface area contributed by atoms with Crippen LogP contribution in [0.5, 0.6) is 0 Å². The van der Waals surface area contributed by atoms with E-state index in [4.69, 9.17) is 23.2 Å². The van der Waals surface area contributed by atoms with Gasteiger partial charge < -0.3 is 10.2 Å². The van der Waals surface area contributed by atoms with Gasteiger partial charge in [0.2, 0.25) is 11.8 Å². The molecule has 7 nitrogen and oxygen atoms in total. The molecule has 0 bridgehead atoms. The number of anilines is 1. The fourth-order valence-corrected chi connectivity index (χ4v) is 6.57. The van der Waals surface area contributed by atoms with Gasteiger partial charge in [0.25, 0.3) is 10.0 Å². The Morgan fingerprint density at radius 1 is 0.951 bits per heavy atom. The first-order valence-corrected chi connectivity index (χ1v) is 15.6. The van der Waals surface area contributed by atoms with E-state index in [9.17, 15) is 22.4 Å². The molecule has 0 unspecified atom stereocenters. The monoisotopic (exact) mass is 619 g/mol. The minimum absolute atomic E-state index is 0.00437. The molecule has 1 atom stereocenters. The lowest BCUT2D eigenvalue weighted by atomic mass is 9.95. The first-order chi connectivity index (χ1) is 19.6. The van der Waals surface area contributed by atoms with Crippen molar-refractivity contribution in [3.8, 4) is 0 Å². The summed E-state index contributed by atoms with van der Waals surface area (Å²) in [5.74, 6) is -1.61. The topological polar surface area (TPSA) is 86.8 Å². The number of amides is 2. The number of sulfonamides is 1. The molecule has 1 saturated carbocycles. The number of rotatable bonds is 10. The van der Waals surface area contributed by atoms with Gasteiger partial charge in [-0.2, -0.15) is 0 Å². The lowest BCUT2D eigenvalue weighted by Crippen LogP contribution is -2.53. The van der Waals surface area contributed by atoms with Crippen LogP contribution < -0.4 is 9.62 Å². The highest BCUT2D eigenvalue weighted by Gasteiger charge is 2.33. The van der Waals surface area contributed by atoms with Crippen LogP contribution in [-0.4, -0.2) is 43.8 Å². The molecular formula is C30H32Cl2FN3O4S. The number of carbonyl (C=O) groups is 2. The first-order valence-electron chi connectivity index (χ1n) is 13.4. The van der Waals surface area contributed by atoms with Crippen LogP contribution in [0.1, 0.15) is 44.6 Å². The summed E-state index contributed by atoms with van der Waals surface area (Å²) in [6.45, 7) is 0.669. The fourth-order valence-electron chi connectivity index (χ4n) is 4.85. The van der Waals surface area contributed by atoms with E-state index >= 15 is 0 Å². The maximum atomic E-state index is 14.7. The third-order valence-electron chi connectivity index (χ3n) is 7.22. The summed E-state index contributed by atoms with van der Waals surface area (Å²) >= 11 is 12.3. The molecule has 11 heteroatoms. The largest absolute Gasteiger partial charge is 0.352 e. The minimum atomic E-state index is -4.25. The Kier molecular flexibility index (Phi) is 10.3. The van der Waals surface area contributed by atoms with Gasteiger partial charge in [-0.3, -0.25) is 13.9 Å². The maximum absolute atomic E-state index is 14.7. The average molecular weight is 621 g/mol. The van der Waals surface area contributed by atoms with E-state index in [2.05, 4.69) is 5.32 Å². The van der Waals surface area contributed by atoms with Gasteiger partial charge in [-0.1, -0.05) is 78.9 Å². The van der Waals surface area contributed by atoms with Crippen molar-refractivity contribution in [3.05, 3.63) is 94.2 Å². The molecule has 1 aliphatic rings. The van der Waals surface area contributed by atoms with Crippen LogP contribution in [0.4, 0.5) is 10.1 Å². The molecule has 41 heavy (non-hydrogen) atoms. The number of benzene rings is 3. The Morgan fingerprint density at radius 2 is 1.61 bits per heavy atom. The van der Waals surface area contributed by atoms with Gasteiger partial charge in [0.15, 0.2) is 0 Å². The van der Waals surface area contributed by atoms with Gasteiger partial charge in [-0.05, 0) is 56.2 Å². The van der Waals surface area contributed by atoms with E-state index in [1.807, 2.05) is 0 Å². The Bertz CT molecular complexity index is 1480. The van der Waals surface area contributed by atoms with Crippen molar-refractivity contribution >= 4 is 50.7 Å². The lowest BCUT2D eigenvalue weighted by Gasteiger charge is -2.33. The van der Waals surface area contributed by atoms with Crippen LogP contribution in [0.3, 0.4) is 0 Å². The van der Waals surface area contributed by atoms with Crippen molar-refractivity contribution in [2.75, 3.05) is 10.8 Å². The molecule has 0 spiro atoms. The van der Waals surface area contributed by atoms with Crippen molar-refractivity contribution < 1.29 is 22.4 Å². The van der Waals surface area contributed by atoms with Gasteiger partial charge in [0.1, 0.15) is 18.4 Å². The Hall–Kier alpha value is -3.14. The zero-order valence-corrected chi connectivity index (χ0v) is 24.9. The quantitative estimate of drug-likeness (QED) is 0.293. The summed E-state index contributed by atoms with van der Waals surface area (Å²) in [6.07, 6.45) is 4.82. The van der Waals surface area contributed by atoms with E-state index < -0.39 is 34.3 Å². The fraction of sp³-hybridized carbons (Fsp3) is 0.333. The predicted molar refractivity (Wildman–Crippen MR) is 159 cm³/mol. The van der Waals surface area contributed by atoms with Crippen LogP contribution >= 0.6 is 23.2 Å². The number of hydrogen-bond acceptors (Lipinski definition) is 4. The van der Waals surface area contributed by atoms with Gasteiger partial charge in [0.05, 0.1) is 20.6 Å². The average Bonchev–Trinajstić information content (AvgIpc) is 2.97. The Balaban J connectivity index is 1.69. The molecule has 0 heterocycles. The molecule has 1 fully saturated rings. The maximum Gasteiger partial charge on any atom is 0.264 e. The number of hydrogen-bond donors (Lipinski definition) is 1. The molecule has 1 N–H and O–H groups in total. The molecule has 3 aromatic carbocycles. The summed E-state index contributed by atoms with van der Waals surface area (Å²) in [4.78, 5) is 28.5. The summed E-state index contributed by atoms with van der Waals surface area (Å²) in [5, 5.41) is 3.34. The first kappa shape index (κ1) is 30.8. The third kappa shape index (κ3) is 7.58.